The van der Waals surface area contributed by atoms with Gasteiger partial charge >= 0.3 is 0 Å². The number of thioether (sulfide) groups is 1. The molecule has 1 amide bonds. The van der Waals surface area contributed by atoms with E-state index >= 15 is 0 Å². The number of hydrogen-bond acceptors (Lipinski definition) is 6. The minimum Gasteiger partial charge on any atom is -0.494 e. The van der Waals surface area contributed by atoms with Gasteiger partial charge in [0, 0.05) is 17.0 Å². The van der Waals surface area contributed by atoms with Crippen LogP contribution in [0.4, 0.5) is 5.69 Å². The zero-order chi connectivity index (χ0) is 20.8. The largest absolute Gasteiger partial charge is 0.494 e. The normalized spacial score (nSPS) is 10.6. The number of ether oxygens (including phenoxy) is 1. The van der Waals surface area contributed by atoms with Crippen LogP contribution in [0, 0.1) is 0 Å². The first kappa shape index (κ1) is 19.7. The highest BCUT2D eigenvalue weighted by atomic mass is 32.2. The average molecular weight is 417 g/mol. The Morgan fingerprint density at radius 3 is 2.50 bits per heavy atom. The highest BCUT2D eigenvalue weighted by Gasteiger charge is 2.13. The Morgan fingerprint density at radius 1 is 1.00 bits per heavy atom. The van der Waals surface area contributed by atoms with Gasteiger partial charge in [-0.2, -0.15) is 4.68 Å². The molecule has 0 spiro atoms. The molecule has 4 rings (SSSR count). The molecule has 1 N–H and O–H groups in total. The third-order valence-corrected chi connectivity index (χ3v) is 5.36. The third-order valence-electron chi connectivity index (χ3n) is 4.37. The number of benzene rings is 3. The molecule has 30 heavy (non-hydrogen) atoms. The molecular weight excluding hydrogens is 398 g/mol. The van der Waals surface area contributed by atoms with Crippen LogP contribution in [0.5, 0.6) is 5.75 Å². The monoisotopic (exact) mass is 417 g/mol. The summed E-state index contributed by atoms with van der Waals surface area (Å²) in [6.45, 7) is 0. The highest BCUT2D eigenvalue weighted by molar-refractivity contribution is 7.98. The van der Waals surface area contributed by atoms with Gasteiger partial charge in [-0.3, -0.25) is 4.79 Å². The fourth-order valence-electron chi connectivity index (χ4n) is 2.85. The Labute approximate surface area is 178 Å². The van der Waals surface area contributed by atoms with Crippen LogP contribution in [0.1, 0.15) is 15.9 Å². The van der Waals surface area contributed by atoms with Crippen molar-refractivity contribution in [3.05, 3.63) is 90.0 Å². The summed E-state index contributed by atoms with van der Waals surface area (Å²) < 4.78 is 7.06. The molecule has 0 aliphatic rings. The number of methoxy groups -OCH3 is 1. The molecule has 1 heterocycles. The molecule has 0 radical (unpaired) electrons. The predicted molar refractivity (Wildman–Crippen MR) is 116 cm³/mol. The standard InChI is InChI=1S/C22H19N5O2S/c1-29-20-10-6-5-9-19(20)27-22(24-25-26-27)30-15-16-11-13-17(14-12-16)21(28)23-18-7-3-2-4-8-18/h2-14H,15H2,1H3,(H,23,28). The Balaban J connectivity index is 1.42. The van der Waals surface area contributed by atoms with E-state index in [4.69, 9.17) is 4.74 Å². The van der Waals surface area contributed by atoms with E-state index in [2.05, 4.69) is 20.8 Å². The fraction of sp³-hybridized carbons (Fsp3) is 0.0909. The van der Waals surface area contributed by atoms with Crippen molar-refractivity contribution in [2.75, 3.05) is 12.4 Å². The maximum atomic E-state index is 12.4. The molecule has 150 valence electrons. The van der Waals surface area contributed by atoms with Crippen molar-refractivity contribution in [3.8, 4) is 11.4 Å². The number of hydrogen-bond donors (Lipinski definition) is 1. The van der Waals surface area contributed by atoms with E-state index in [1.807, 2.05) is 78.9 Å². The summed E-state index contributed by atoms with van der Waals surface area (Å²) >= 11 is 1.51. The molecule has 1 aromatic heterocycles. The second-order valence-electron chi connectivity index (χ2n) is 6.35. The first-order chi connectivity index (χ1) is 14.7. The predicted octanol–water partition coefficient (Wildman–Crippen LogP) is 4.22. The van der Waals surface area contributed by atoms with Gasteiger partial charge in [0.05, 0.1) is 7.11 Å². The number of anilines is 1. The van der Waals surface area contributed by atoms with Crippen molar-refractivity contribution in [2.45, 2.75) is 10.9 Å². The molecule has 3 aromatic carbocycles. The SMILES string of the molecule is COc1ccccc1-n1nnnc1SCc1ccc(C(=O)Nc2ccccc2)cc1. The molecule has 0 fully saturated rings. The average Bonchev–Trinajstić information content (AvgIpc) is 3.27. The highest BCUT2D eigenvalue weighted by Crippen LogP contribution is 2.27. The molecule has 8 heteroatoms. The van der Waals surface area contributed by atoms with Crippen LogP contribution in [0.2, 0.25) is 0 Å². The first-order valence-electron chi connectivity index (χ1n) is 9.24. The Kier molecular flexibility index (Phi) is 6.05. The van der Waals surface area contributed by atoms with Gasteiger partial charge in [-0.25, -0.2) is 0 Å². The van der Waals surface area contributed by atoms with E-state index < -0.39 is 0 Å². The number of carbonyl (C=O) groups is 1. The second kappa shape index (κ2) is 9.23. The fourth-order valence-corrected chi connectivity index (χ4v) is 3.69. The zero-order valence-corrected chi connectivity index (χ0v) is 17.0. The molecule has 4 aromatic rings. The van der Waals surface area contributed by atoms with Gasteiger partial charge < -0.3 is 10.1 Å². The van der Waals surface area contributed by atoms with Crippen LogP contribution >= 0.6 is 11.8 Å². The smallest absolute Gasteiger partial charge is 0.255 e. The van der Waals surface area contributed by atoms with Crippen LogP contribution in [-0.2, 0) is 5.75 Å². The molecule has 7 nitrogen and oxygen atoms in total. The van der Waals surface area contributed by atoms with Crippen LogP contribution in [0.3, 0.4) is 0 Å². The summed E-state index contributed by atoms with van der Waals surface area (Å²) in [5.74, 6) is 1.22. The van der Waals surface area contributed by atoms with E-state index in [1.54, 1.807) is 11.8 Å². The summed E-state index contributed by atoms with van der Waals surface area (Å²) in [6.07, 6.45) is 0. The number of carbonyl (C=O) groups excluding carboxylic acids is 1. The molecule has 0 aliphatic carbocycles. The summed E-state index contributed by atoms with van der Waals surface area (Å²) in [6, 6.07) is 24.5. The number of aromatic nitrogens is 4. The lowest BCUT2D eigenvalue weighted by molar-refractivity contribution is 0.102. The Morgan fingerprint density at radius 2 is 1.73 bits per heavy atom. The quantitative estimate of drug-likeness (QED) is 0.454. The Bertz CT molecular complexity index is 1130. The van der Waals surface area contributed by atoms with Gasteiger partial charge in [0.1, 0.15) is 11.4 Å². The van der Waals surface area contributed by atoms with Gasteiger partial charge in [0.2, 0.25) is 5.16 Å². The van der Waals surface area contributed by atoms with Crippen molar-refractivity contribution in [2.24, 2.45) is 0 Å². The second-order valence-corrected chi connectivity index (χ2v) is 7.29. The van der Waals surface area contributed by atoms with Gasteiger partial charge in [-0.1, -0.05) is 54.2 Å². The van der Waals surface area contributed by atoms with Gasteiger partial charge in [0.25, 0.3) is 5.91 Å². The van der Waals surface area contributed by atoms with Crippen molar-refractivity contribution in [1.82, 2.24) is 20.2 Å². The van der Waals surface area contributed by atoms with Gasteiger partial charge in [-0.15, -0.1) is 5.10 Å². The van der Waals surface area contributed by atoms with E-state index in [9.17, 15) is 4.79 Å². The number of nitrogens with one attached hydrogen (secondary N) is 1. The minimum absolute atomic E-state index is 0.138. The number of tetrazole rings is 1. The van der Waals surface area contributed by atoms with Crippen molar-refractivity contribution in [1.29, 1.82) is 0 Å². The summed E-state index contributed by atoms with van der Waals surface area (Å²) in [5, 5.41) is 15.5. The minimum atomic E-state index is -0.138. The molecule has 0 saturated carbocycles. The molecule has 0 saturated heterocycles. The molecule has 0 unspecified atom stereocenters. The summed E-state index contributed by atoms with van der Waals surface area (Å²) in [4.78, 5) is 12.4. The number of amides is 1. The van der Waals surface area contributed by atoms with E-state index in [0.29, 0.717) is 22.2 Å². The van der Waals surface area contributed by atoms with E-state index in [1.165, 1.54) is 11.8 Å². The van der Waals surface area contributed by atoms with Crippen LogP contribution in [0.25, 0.3) is 5.69 Å². The third kappa shape index (κ3) is 4.49. The summed E-state index contributed by atoms with van der Waals surface area (Å²) in [5.41, 5.74) is 3.21. The van der Waals surface area contributed by atoms with Crippen LogP contribution in [0.15, 0.2) is 84.0 Å². The van der Waals surface area contributed by atoms with Crippen LogP contribution in [-0.4, -0.2) is 33.2 Å². The van der Waals surface area contributed by atoms with Gasteiger partial charge in [-0.05, 0) is 52.4 Å². The van der Waals surface area contributed by atoms with E-state index in [0.717, 1.165) is 16.9 Å². The maximum Gasteiger partial charge on any atom is 0.255 e. The lowest BCUT2D eigenvalue weighted by Crippen LogP contribution is -2.11. The van der Waals surface area contributed by atoms with Crippen molar-refractivity contribution in [3.63, 3.8) is 0 Å². The number of rotatable bonds is 7. The molecule has 0 atom stereocenters. The van der Waals surface area contributed by atoms with E-state index in [-0.39, 0.29) is 5.91 Å². The van der Waals surface area contributed by atoms with Crippen molar-refractivity contribution >= 4 is 23.4 Å². The zero-order valence-electron chi connectivity index (χ0n) is 16.2. The van der Waals surface area contributed by atoms with Crippen LogP contribution < -0.4 is 10.1 Å². The topological polar surface area (TPSA) is 81.9 Å². The lowest BCUT2D eigenvalue weighted by atomic mass is 10.1. The maximum absolute atomic E-state index is 12.4. The number of para-hydroxylation sites is 3. The Hall–Kier alpha value is -3.65. The lowest BCUT2D eigenvalue weighted by Gasteiger charge is -2.09. The molecule has 0 aliphatic heterocycles. The first-order valence-corrected chi connectivity index (χ1v) is 10.2. The number of nitrogens with zero attached hydrogens (tertiary/aromatic N) is 4. The molecular formula is C22H19N5O2S. The van der Waals surface area contributed by atoms with Gasteiger partial charge in [0.15, 0.2) is 0 Å². The van der Waals surface area contributed by atoms with Crippen molar-refractivity contribution < 1.29 is 9.53 Å². The molecule has 0 bridgehead atoms. The summed E-state index contributed by atoms with van der Waals surface area (Å²) in [7, 11) is 1.62.